The molecule has 4 aromatic rings. The molecule has 0 amide bonds. The molecule has 0 fully saturated rings. The van der Waals surface area contributed by atoms with E-state index in [1.165, 1.54) is 0 Å². The summed E-state index contributed by atoms with van der Waals surface area (Å²) < 4.78 is 8.32. The molecule has 28 heavy (non-hydrogen) atoms. The molecule has 0 N–H and O–H groups in total. The lowest BCUT2D eigenvalue weighted by atomic mass is 10.1. The molecule has 142 valence electrons. The molecular weight excluding hydrogens is 366 g/mol. The molecule has 1 heterocycles. The van der Waals surface area contributed by atoms with Crippen molar-refractivity contribution in [2.45, 2.75) is 13.5 Å². The van der Waals surface area contributed by atoms with Gasteiger partial charge in [-0.3, -0.25) is 4.79 Å². The summed E-state index contributed by atoms with van der Waals surface area (Å²) in [6.07, 6.45) is 4.21. The fourth-order valence-corrected chi connectivity index (χ4v) is 4.32. The Balaban J connectivity index is 1.83. The van der Waals surface area contributed by atoms with Crippen LogP contribution in [0.15, 0.2) is 66.7 Å². The second-order valence-corrected chi connectivity index (χ2v) is 9.38. The van der Waals surface area contributed by atoms with Gasteiger partial charge in [0.05, 0.1) is 12.5 Å². The van der Waals surface area contributed by atoms with Crippen molar-refractivity contribution >= 4 is 38.5 Å². The molecule has 3 nitrogen and oxygen atoms in total. The standard InChI is InChI=1S/C24H24NO2S/c1-4-25-22-12-10-17(24(26)16-28(2)3)14-20(22)21-15-19(11-13-23(21)25)27-18-8-6-5-7-9-18/h5-15H,4,16H2,1-3H3/q+1. The van der Waals surface area contributed by atoms with E-state index in [-0.39, 0.29) is 16.7 Å². The summed E-state index contributed by atoms with van der Waals surface area (Å²) >= 11 is 0. The van der Waals surface area contributed by atoms with Gasteiger partial charge >= 0.3 is 0 Å². The molecule has 0 unspecified atom stereocenters. The highest BCUT2D eigenvalue weighted by atomic mass is 32.2. The molecule has 0 bridgehead atoms. The van der Waals surface area contributed by atoms with Crippen LogP contribution in [0.25, 0.3) is 21.8 Å². The van der Waals surface area contributed by atoms with Crippen molar-refractivity contribution in [3.05, 3.63) is 72.3 Å². The first-order valence-electron chi connectivity index (χ1n) is 9.43. The first-order chi connectivity index (χ1) is 13.6. The van der Waals surface area contributed by atoms with Gasteiger partial charge in [0.2, 0.25) is 5.78 Å². The van der Waals surface area contributed by atoms with Gasteiger partial charge in [0.15, 0.2) is 5.75 Å². The number of para-hydroxylation sites is 1. The number of benzene rings is 3. The summed E-state index contributed by atoms with van der Waals surface area (Å²) in [5, 5.41) is 2.22. The Morgan fingerprint density at radius 3 is 2.25 bits per heavy atom. The van der Waals surface area contributed by atoms with Crippen LogP contribution >= 0.6 is 0 Å². The number of hydrogen-bond donors (Lipinski definition) is 0. The van der Waals surface area contributed by atoms with Crippen molar-refractivity contribution in [2.24, 2.45) is 0 Å². The van der Waals surface area contributed by atoms with Gasteiger partial charge in [0.25, 0.3) is 0 Å². The van der Waals surface area contributed by atoms with Gasteiger partial charge in [-0.15, -0.1) is 0 Å². The zero-order chi connectivity index (χ0) is 19.7. The highest BCUT2D eigenvalue weighted by Crippen LogP contribution is 2.34. The average Bonchev–Trinajstić information content (AvgIpc) is 3.00. The molecule has 4 heteroatoms. The third-order valence-corrected chi connectivity index (χ3v) is 5.71. The van der Waals surface area contributed by atoms with Crippen molar-refractivity contribution in [1.29, 1.82) is 0 Å². The monoisotopic (exact) mass is 390 g/mol. The number of aryl methyl sites for hydroxylation is 1. The molecule has 0 aliphatic heterocycles. The van der Waals surface area contributed by atoms with E-state index in [2.05, 4.69) is 42.2 Å². The Labute approximate surface area is 168 Å². The largest absolute Gasteiger partial charge is 0.457 e. The maximum Gasteiger partial charge on any atom is 0.211 e. The number of carbonyl (C=O) groups is 1. The predicted octanol–water partition coefficient (Wildman–Crippen LogP) is 5.67. The molecule has 0 spiro atoms. The summed E-state index contributed by atoms with van der Waals surface area (Å²) in [5.41, 5.74) is 3.10. The number of carbonyl (C=O) groups excluding carboxylic acids is 1. The Morgan fingerprint density at radius 1 is 0.893 bits per heavy atom. The molecule has 0 saturated carbocycles. The Kier molecular flexibility index (Phi) is 5.14. The number of ether oxygens (including phenoxy) is 1. The molecule has 0 radical (unpaired) electrons. The van der Waals surface area contributed by atoms with Crippen LogP contribution < -0.4 is 4.74 Å². The van der Waals surface area contributed by atoms with E-state index < -0.39 is 0 Å². The maximum absolute atomic E-state index is 12.6. The third-order valence-electron chi connectivity index (χ3n) is 4.87. The lowest BCUT2D eigenvalue weighted by Crippen LogP contribution is -2.13. The van der Waals surface area contributed by atoms with Gasteiger partial charge in [-0.2, -0.15) is 0 Å². The molecule has 1 aromatic heterocycles. The second-order valence-electron chi connectivity index (χ2n) is 7.12. The number of hydrogen-bond acceptors (Lipinski definition) is 2. The lowest BCUT2D eigenvalue weighted by Gasteiger charge is -2.06. The lowest BCUT2D eigenvalue weighted by molar-refractivity contribution is 0.102. The minimum absolute atomic E-state index is 0.0956. The normalized spacial score (nSPS) is 11.4. The zero-order valence-electron chi connectivity index (χ0n) is 16.4. The average molecular weight is 391 g/mol. The van der Waals surface area contributed by atoms with Crippen LogP contribution in [0, 0.1) is 0 Å². The molecule has 0 saturated heterocycles. The Morgan fingerprint density at radius 2 is 1.57 bits per heavy atom. The zero-order valence-corrected chi connectivity index (χ0v) is 17.3. The quantitative estimate of drug-likeness (QED) is 0.314. The van der Waals surface area contributed by atoms with Gasteiger partial charge in [0, 0.05) is 33.9 Å². The molecule has 0 atom stereocenters. The van der Waals surface area contributed by atoms with Crippen LogP contribution in [-0.4, -0.2) is 28.6 Å². The fraction of sp³-hybridized carbons (Fsp3) is 0.208. The highest BCUT2D eigenvalue weighted by molar-refractivity contribution is 7.96. The molecule has 0 aliphatic rings. The van der Waals surface area contributed by atoms with E-state index in [0.717, 1.165) is 45.4 Å². The minimum atomic E-state index is 0.0956. The van der Waals surface area contributed by atoms with Crippen LogP contribution in [0.5, 0.6) is 11.5 Å². The minimum Gasteiger partial charge on any atom is -0.457 e. The van der Waals surface area contributed by atoms with Crippen molar-refractivity contribution in [3.8, 4) is 11.5 Å². The first-order valence-corrected chi connectivity index (χ1v) is 11.6. The molecule has 0 aliphatic carbocycles. The van der Waals surface area contributed by atoms with Crippen LogP contribution in [0.4, 0.5) is 0 Å². The van der Waals surface area contributed by atoms with Crippen LogP contribution in [0.3, 0.4) is 0 Å². The van der Waals surface area contributed by atoms with E-state index in [9.17, 15) is 4.79 Å². The molecule has 4 rings (SSSR count). The summed E-state index contributed by atoms with van der Waals surface area (Å²) in [4.78, 5) is 12.6. The Bertz CT molecular complexity index is 1150. The summed E-state index contributed by atoms with van der Waals surface area (Å²) in [6.45, 7) is 3.02. The van der Waals surface area contributed by atoms with Gasteiger partial charge in [0.1, 0.15) is 11.5 Å². The van der Waals surface area contributed by atoms with Crippen LogP contribution in [0.1, 0.15) is 17.3 Å². The third kappa shape index (κ3) is 3.52. The van der Waals surface area contributed by atoms with Crippen molar-refractivity contribution in [2.75, 3.05) is 18.3 Å². The van der Waals surface area contributed by atoms with Gasteiger partial charge in [-0.1, -0.05) is 18.2 Å². The van der Waals surface area contributed by atoms with Crippen molar-refractivity contribution < 1.29 is 9.53 Å². The Hall–Kier alpha value is -2.72. The number of rotatable bonds is 6. The predicted molar refractivity (Wildman–Crippen MR) is 120 cm³/mol. The van der Waals surface area contributed by atoms with Gasteiger partial charge in [-0.25, -0.2) is 0 Å². The highest BCUT2D eigenvalue weighted by Gasteiger charge is 2.17. The molecule has 3 aromatic carbocycles. The van der Waals surface area contributed by atoms with Crippen LogP contribution in [0.2, 0.25) is 0 Å². The first kappa shape index (κ1) is 18.6. The van der Waals surface area contributed by atoms with Crippen molar-refractivity contribution in [1.82, 2.24) is 4.57 Å². The fourth-order valence-electron chi connectivity index (χ4n) is 3.63. The number of aromatic nitrogens is 1. The van der Waals surface area contributed by atoms with E-state index >= 15 is 0 Å². The topological polar surface area (TPSA) is 31.2 Å². The maximum atomic E-state index is 12.6. The number of Topliss-reactive ketones (excluding diaryl/α,β-unsaturated/α-hetero) is 1. The summed E-state index contributed by atoms with van der Waals surface area (Å²) in [6, 6.07) is 22.1. The van der Waals surface area contributed by atoms with E-state index in [1.807, 2.05) is 48.5 Å². The summed E-state index contributed by atoms with van der Waals surface area (Å²) in [5.74, 6) is 2.42. The van der Waals surface area contributed by atoms with E-state index in [0.29, 0.717) is 5.75 Å². The number of nitrogens with zero attached hydrogens (tertiary/aromatic N) is 1. The van der Waals surface area contributed by atoms with Gasteiger partial charge in [-0.05, 0) is 66.3 Å². The number of ketones is 1. The smallest absolute Gasteiger partial charge is 0.211 e. The van der Waals surface area contributed by atoms with E-state index in [4.69, 9.17) is 4.74 Å². The summed E-state index contributed by atoms with van der Waals surface area (Å²) in [7, 11) is 0.0956. The van der Waals surface area contributed by atoms with Crippen molar-refractivity contribution in [3.63, 3.8) is 0 Å². The molecular formula is C24H24NO2S+. The SMILES string of the molecule is CCn1c2ccc(Oc3ccccc3)cc2c2cc(C(=O)C[S+](C)C)ccc21. The van der Waals surface area contributed by atoms with Gasteiger partial charge < -0.3 is 9.30 Å². The number of fused-ring (bicyclic) bond motifs is 3. The van der Waals surface area contributed by atoms with Crippen LogP contribution in [-0.2, 0) is 17.4 Å². The van der Waals surface area contributed by atoms with E-state index in [1.54, 1.807) is 0 Å². The second kappa shape index (κ2) is 7.72.